The lowest BCUT2D eigenvalue weighted by molar-refractivity contribution is -0.0556. The second kappa shape index (κ2) is 7.02. The molecule has 0 aromatic carbocycles. The molecule has 0 heterocycles. The molecule has 4 aliphatic carbocycles. The molecular weight excluding hydrogens is 304 g/mol. The summed E-state index contributed by atoms with van der Waals surface area (Å²) in [6.07, 6.45) is 12.8. The van der Waals surface area contributed by atoms with E-state index in [2.05, 4.69) is 33.8 Å². The van der Waals surface area contributed by atoms with Crippen molar-refractivity contribution in [1.82, 2.24) is 0 Å². The molecule has 7 atom stereocenters. The predicted octanol–water partition coefficient (Wildman–Crippen LogP) is 6.61. The average molecular weight is 347 g/mol. The predicted molar refractivity (Wildman–Crippen MR) is 107 cm³/mol. The Bertz CT molecular complexity index is 506. The van der Waals surface area contributed by atoms with Crippen LogP contribution in [0.3, 0.4) is 0 Å². The average Bonchev–Trinajstić information content (AvgIpc) is 2.95. The van der Waals surface area contributed by atoms with Crippen LogP contribution in [-0.4, -0.2) is 11.2 Å². The van der Waals surface area contributed by atoms with E-state index in [1.165, 1.54) is 38.5 Å². The summed E-state index contributed by atoms with van der Waals surface area (Å²) in [5.41, 5.74) is 2.62. The molecule has 144 valence electrons. The van der Waals surface area contributed by atoms with E-state index in [9.17, 15) is 5.11 Å². The highest BCUT2D eigenvalue weighted by molar-refractivity contribution is 5.25. The Morgan fingerprint density at radius 3 is 2.40 bits per heavy atom. The van der Waals surface area contributed by atoms with Gasteiger partial charge < -0.3 is 5.11 Å². The Hall–Kier alpha value is -0.300. The fourth-order valence-electron chi connectivity index (χ4n) is 7.78. The summed E-state index contributed by atoms with van der Waals surface area (Å²) in [7, 11) is 0. The molecule has 1 N–H and O–H groups in total. The van der Waals surface area contributed by atoms with Crippen molar-refractivity contribution in [1.29, 1.82) is 0 Å². The second-order valence-corrected chi connectivity index (χ2v) is 10.1. The zero-order valence-corrected chi connectivity index (χ0v) is 17.6. The number of hydrogen-bond donors (Lipinski definition) is 1. The number of allylic oxidation sites excluding steroid dienone is 1. The fraction of sp³-hybridized carbons (Fsp3) is 0.917. The van der Waals surface area contributed by atoms with Gasteiger partial charge in [-0.2, -0.15) is 0 Å². The zero-order chi connectivity index (χ0) is 18.4. The first-order chi connectivity index (χ1) is 11.9. The molecule has 3 fully saturated rings. The summed E-state index contributed by atoms with van der Waals surface area (Å²) < 4.78 is 0. The first kappa shape index (κ1) is 19.5. The van der Waals surface area contributed by atoms with E-state index in [0.717, 1.165) is 42.4 Å². The molecule has 0 aliphatic heterocycles. The number of aliphatic hydroxyl groups is 1. The molecule has 0 bridgehead atoms. The maximum absolute atomic E-state index is 10.1. The lowest BCUT2D eigenvalue weighted by atomic mass is 9.47. The molecule has 0 saturated heterocycles. The summed E-state index contributed by atoms with van der Waals surface area (Å²) in [5, 5.41) is 10.1. The van der Waals surface area contributed by atoms with Crippen molar-refractivity contribution >= 4 is 0 Å². The standard InChI is InChI=1S/C22H36O.C2H6/c1-14(2)18-7-8-19-17-6-5-15-13-16(23)9-11-21(15,3)20(17)10-12-22(18,19)4;1-2/h5,14,16-20,23H,6-13H2,1-4H3;1-2H3. The molecule has 3 saturated carbocycles. The molecule has 1 nitrogen and oxygen atoms in total. The molecule has 25 heavy (non-hydrogen) atoms. The summed E-state index contributed by atoms with van der Waals surface area (Å²) >= 11 is 0. The van der Waals surface area contributed by atoms with Gasteiger partial charge in [0, 0.05) is 0 Å². The van der Waals surface area contributed by atoms with Crippen molar-refractivity contribution < 1.29 is 5.11 Å². The molecule has 4 aliphatic rings. The lowest BCUT2D eigenvalue weighted by Crippen LogP contribution is -2.50. The number of rotatable bonds is 1. The topological polar surface area (TPSA) is 20.2 Å². The largest absolute Gasteiger partial charge is 0.393 e. The monoisotopic (exact) mass is 346 g/mol. The van der Waals surface area contributed by atoms with Crippen molar-refractivity contribution in [2.24, 2.45) is 40.4 Å². The molecule has 0 aromatic rings. The Balaban J connectivity index is 0.000000880. The minimum absolute atomic E-state index is 0.0727. The van der Waals surface area contributed by atoms with Gasteiger partial charge in [-0.3, -0.25) is 0 Å². The Morgan fingerprint density at radius 2 is 1.72 bits per heavy atom. The van der Waals surface area contributed by atoms with Crippen LogP contribution >= 0.6 is 0 Å². The van der Waals surface area contributed by atoms with E-state index in [-0.39, 0.29) is 6.10 Å². The van der Waals surface area contributed by atoms with Gasteiger partial charge in [0.05, 0.1) is 6.10 Å². The fourth-order valence-corrected chi connectivity index (χ4v) is 7.78. The van der Waals surface area contributed by atoms with Crippen LogP contribution in [-0.2, 0) is 0 Å². The van der Waals surface area contributed by atoms with Gasteiger partial charge in [-0.05, 0) is 91.8 Å². The molecule has 0 spiro atoms. The van der Waals surface area contributed by atoms with E-state index in [0.29, 0.717) is 10.8 Å². The van der Waals surface area contributed by atoms with Crippen LogP contribution in [0.2, 0.25) is 0 Å². The third kappa shape index (κ3) is 2.93. The minimum atomic E-state index is -0.0727. The Kier molecular flexibility index (Phi) is 5.47. The quantitative estimate of drug-likeness (QED) is 0.530. The van der Waals surface area contributed by atoms with Crippen LogP contribution < -0.4 is 0 Å². The molecule has 0 radical (unpaired) electrons. The number of hydrogen-bond acceptors (Lipinski definition) is 1. The van der Waals surface area contributed by atoms with Crippen molar-refractivity contribution in [2.75, 3.05) is 0 Å². The lowest BCUT2D eigenvalue weighted by Gasteiger charge is -2.58. The zero-order valence-electron chi connectivity index (χ0n) is 17.6. The van der Waals surface area contributed by atoms with Crippen molar-refractivity contribution in [2.45, 2.75) is 99.0 Å². The van der Waals surface area contributed by atoms with E-state index in [1.54, 1.807) is 5.57 Å². The molecule has 1 heteroatoms. The van der Waals surface area contributed by atoms with Crippen LogP contribution in [0.1, 0.15) is 92.9 Å². The van der Waals surface area contributed by atoms with Crippen LogP contribution in [0.5, 0.6) is 0 Å². The highest BCUT2D eigenvalue weighted by atomic mass is 16.3. The molecule has 0 aromatic heterocycles. The summed E-state index contributed by atoms with van der Waals surface area (Å²) in [5.74, 6) is 4.55. The van der Waals surface area contributed by atoms with Crippen molar-refractivity contribution in [3.05, 3.63) is 11.6 Å². The minimum Gasteiger partial charge on any atom is -0.393 e. The normalized spacial score (nSPS) is 48.6. The van der Waals surface area contributed by atoms with Gasteiger partial charge in [-0.1, -0.05) is 53.2 Å². The molecular formula is C24H42O. The highest BCUT2D eigenvalue weighted by Crippen LogP contribution is 2.67. The second-order valence-electron chi connectivity index (χ2n) is 10.1. The van der Waals surface area contributed by atoms with Gasteiger partial charge in [0.25, 0.3) is 0 Å². The summed E-state index contributed by atoms with van der Waals surface area (Å²) in [4.78, 5) is 0. The molecule has 7 unspecified atom stereocenters. The molecule has 4 rings (SSSR count). The van der Waals surface area contributed by atoms with Crippen LogP contribution in [0.4, 0.5) is 0 Å². The van der Waals surface area contributed by atoms with Crippen LogP contribution in [0.15, 0.2) is 11.6 Å². The van der Waals surface area contributed by atoms with Crippen molar-refractivity contribution in [3.63, 3.8) is 0 Å². The number of aliphatic hydroxyl groups excluding tert-OH is 1. The third-order valence-corrected chi connectivity index (χ3v) is 8.96. The van der Waals surface area contributed by atoms with Gasteiger partial charge in [0.1, 0.15) is 0 Å². The Morgan fingerprint density at radius 1 is 1.00 bits per heavy atom. The van der Waals surface area contributed by atoms with Crippen LogP contribution in [0.25, 0.3) is 0 Å². The van der Waals surface area contributed by atoms with E-state index in [1.807, 2.05) is 13.8 Å². The first-order valence-electron chi connectivity index (χ1n) is 11.2. The molecule has 0 amide bonds. The van der Waals surface area contributed by atoms with E-state index in [4.69, 9.17) is 0 Å². The smallest absolute Gasteiger partial charge is 0.0577 e. The number of fused-ring (bicyclic) bond motifs is 5. The maximum Gasteiger partial charge on any atom is 0.0577 e. The summed E-state index contributed by atoms with van der Waals surface area (Å²) in [6, 6.07) is 0. The van der Waals surface area contributed by atoms with Gasteiger partial charge in [0.15, 0.2) is 0 Å². The first-order valence-corrected chi connectivity index (χ1v) is 11.2. The van der Waals surface area contributed by atoms with Crippen molar-refractivity contribution in [3.8, 4) is 0 Å². The van der Waals surface area contributed by atoms with Crippen LogP contribution in [0, 0.1) is 40.4 Å². The van der Waals surface area contributed by atoms with E-state index < -0.39 is 0 Å². The van der Waals surface area contributed by atoms with Gasteiger partial charge in [-0.15, -0.1) is 0 Å². The third-order valence-electron chi connectivity index (χ3n) is 8.96. The SMILES string of the molecule is CC.CC(C)C1CCC2C3CC=C4CC(O)CCC4(C)C3CCC12C. The van der Waals surface area contributed by atoms with E-state index >= 15 is 0 Å². The van der Waals surface area contributed by atoms with Gasteiger partial charge >= 0.3 is 0 Å². The van der Waals surface area contributed by atoms with Gasteiger partial charge in [-0.25, -0.2) is 0 Å². The highest BCUT2D eigenvalue weighted by Gasteiger charge is 2.58. The van der Waals surface area contributed by atoms with Gasteiger partial charge in [0.2, 0.25) is 0 Å². The summed E-state index contributed by atoms with van der Waals surface area (Å²) in [6.45, 7) is 14.1. The maximum atomic E-state index is 10.1. The Labute approximate surface area is 156 Å².